The zero-order valence-electron chi connectivity index (χ0n) is 16.4. The molecular formula is C22H22N2O5. The number of benzene rings is 2. The molecule has 3 N–H and O–H groups in total. The van der Waals surface area contributed by atoms with Crippen LogP contribution in [0.1, 0.15) is 56.2 Å². The van der Waals surface area contributed by atoms with Crippen LogP contribution in [0, 0.1) is 6.92 Å². The number of nitrogens with one attached hydrogen (secondary N) is 1. The first-order chi connectivity index (χ1) is 13.8. The van der Waals surface area contributed by atoms with Gasteiger partial charge in [0.1, 0.15) is 5.69 Å². The van der Waals surface area contributed by atoms with Crippen molar-refractivity contribution in [2.24, 2.45) is 0 Å². The Hall–Kier alpha value is -3.61. The van der Waals surface area contributed by atoms with Gasteiger partial charge in [-0.1, -0.05) is 13.0 Å². The predicted octanol–water partition coefficient (Wildman–Crippen LogP) is 4.18. The molecule has 3 rings (SSSR count). The summed E-state index contributed by atoms with van der Waals surface area (Å²) in [6, 6.07) is 9.65. The van der Waals surface area contributed by atoms with E-state index < -0.39 is 17.8 Å². The van der Waals surface area contributed by atoms with Crippen LogP contribution in [0.4, 0.5) is 5.69 Å². The molecule has 0 aliphatic carbocycles. The van der Waals surface area contributed by atoms with E-state index in [0.29, 0.717) is 12.2 Å². The molecule has 0 fully saturated rings. The van der Waals surface area contributed by atoms with E-state index in [2.05, 4.69) is 18.3 Å². The number of carbonyl (C=O) groups excluding carboxylic acids is 1. The van der Waals surface area contributed by atoms with Gasteiger partial charge in [-0.3, -0.25) is 4.79 Å². The van der Waals surface area contributed by atoms with Gasteiger partial charge < -0.3 is 20.1 Å². The Balaban J connectivity index is 2.08. The second kappa shape index (κ2) is 7.79. The van der Waals surface area contributed by atoms with Gasteiger partial charge in [0.2, 0.25) is 0 Å². The summed E-state index contributed by atoms with van der Waals surface area (Å²) in [5.74, 6) is -2.96. The molecule has 0 unspecified atom stereocenters. The maximum Gasteiger partial charge on any atom is 0.335 e. The van der Waals surface area contributed by atoms with Crippen molar-refractivity contribution in [3.8, 4) is 0 Å². The molecule has 150 valence electrons. The van der Waals surface area contributed by atoms with E-state index in [1.165, 1.54) is 17.7 Å². The molecule has 0 bridgehead atoms. The predicted molar refractivity (Wildman–Crippen MR) is 110 cm³/mol. The highest BCUT2D eigenvalue weighted by atomic mass is 16.4. The zero-order valence-corrected chi connectivity index (χ0v) is 16.4. The van der Waals surface area contributed by atoms with E-state index in [9.17, 15) is 24.6 Å². The van der Waals surface area contributed by atoms with E-state index in [4.69, 9.17) is 0 Å². The number of hydrogen-bond donors (Lipinski definition) is 3. The van der Waals surface area contributed by atoms with Crippen LogP contribution in [-0.4, -0.2) is 32.6 Å². The highest BCUT2D eigenvalue weighted by Gasteiger charge is 2.21. The van der Waals surface area contributed by atoms with Crippen LogP contribution >= 0.6 is 0 Å². The number of nitrogens with zero attached hydrogens (tertiary/aromatic N) is 1. The van der Waals surface area contributed by atoms with Gasteiger partial charge in [0, 0.05) is 23.1 Å². The van der Waals surface area contributed by atoms with Crippen molar-refractivity contribution < 1.29 is 24.6 Å². The van der Waals surface area contributed by atoms with Gasteiger partial charge in [-0.15, -0.1) is 0 Å². The summed E-state index contributed by atoms with van der Waals surface area (Å²) < 4.78 is 1.90. The topological polar surface area (TPSA) is 109 Å². The normalized spacial score (nSPS) is 10.9. The first-order valence-electron chi connectivity index (χ1n) is 9.31. The Morgan fingerprint density at radius 1 is 0.966 bits per heavy atom. The third-order valence-electron chi connectivity index (χ3n) is 5.01. The molecule has 1 amide bonds. The maximum atomic E-state index is 13.1. The maximum absolute atomic E-state index is 13.1. The van der Waals surface area contributed by atoms with Gasteiger partial charge in [-0.05, 0) is 61.7 Å². The van der Waals surface area contributed by atoms with E-state index in [1.54, 1.807) is 0 Å². The minimum Gasteiger partial charge on any atom is -0.478 e. The Labute approximate surface area is 167 Å². The van der Waals surface area contributed by atoms with Crippen LogP contribution < -0.4 is 5.32 Å². The van der Waals surface area contributed by atoms with Gasteiger partial charge in [-0.2, -0.15) is 0 Å². The van der Waals surface area contributed by atoms with Crippen molar-refractivity contribution >= 4 is 34.4 Å². The SMILES string of the molecule is CCc1ccc2c(c1)c(C)c(C(=O)Nc1cc(C(=O)O)cc(C(=O)O)c1)n2CC. The molecule has 3 aromatic rings. The van der Waals surface area contributed by atoms with Gasteiger partial charge in [-0.25, -0.2) is 9.59 Å². The fourth-order valence-corrected chi connectivity index (χ4v) is 3.55. The van der Waals surface area contributed by atoms with Crippen molar-refractivity contribution in [2.45, 2.75) is 33.7 Å². The first-order valence-corrected chi connectivity index (χ1v) is 9.31. The summed E-state index contributed by atoms with van der Waals surface area (Å²) >= 11 is 0. The lowest BCUT2D eigenvalue weighted by atomic mass is 10.1. The smallest absolute Gasteiger partial charge is 0.335 e. The van der Waals surface area contributed by atoms with E-state index in [-0.39, 0.29) is 16.8 Å². The average Bonchev–Trinajstić information content (AvgIpc) is 2.98. The second-order valence-corrected chi connectivity index (χ2v) is 6.79. The standard InChI is InChI=1S/C22H22N2O5/c1-4-13-6-7-18-17(8-13)12(3)19(24(18)5-2)20(25)23-16-10-14(21(26)27)9-15(11-16)22(28)29/h6-11H,4-5H2,1-3H3,(H,23,25)(H,26,27)(H,28,29). The number of aromatic carboxylic acids is 2. The van der Waals surface area contributed by atoms with Crippen molar-refractivity contribution in [2.75, 3.05) is 5.32 Å². The number of carboxylic acids is 2. The van der Waals surface area contributed by atoms with Crippen LogP contribution in [0.5, 0.6) is 0 Å². The zero-order chi connectivity index (χ0) is 21.3. The molecule has 0 aliphatic heterocycles. The monoisotopic (exact) mass is 394 g/mol. The van der Waals surface area contributed by atoms with Crippen LogP contribution in [0.15, 0.2) is 36.4 Å². The summed E-state index contributed by atoms with van der Waals surface area (Å²) in [6.45, 7) is 6.46. The number of carboxylic acid groups (broad SMARTS) is 2. The summed E-state index contributed by atoms with van der Waals surface area (Å²) in [4.78, 5) is 35.7. The molecule has 0 spiro atoms. The quantitative estimate of drug-likeness (QED) is 0.581. The summed E-state index contributed by atoms with van der Waals surface area (Å²) in [5, 5.41) is 22.1. The second-order valence-electron chi connectivity index (χ2n) is 6.79. The van der Waals surface area contributed by atoms with Crippen LogP contribution in [0.3, 0.4) is 0 Å². The Morgan fingerprint density at radius 2 is 1.59 bits per heavy atom. The van der Waals surface area contributed by atoms with E-state index in [0.717, 1.165) is 29.0 Å². The number of anilines is 1. The fraction of sp³-hybridized carbons (Fsp3) is 0.227. The van der Waals surface area contributed by atoms with Crippen molar-refractivity contribution in [1.29, 1.82) is 0 Å². The molecule has 0 atom stereocenters. The third-order valence-corrected chi connectivity index (χ3v) is 5.01. The third kappa shape index (κ3) is 3.71. The number of carbonyl (C=O) groups is 3. The number of fused-ring (bicyclic) bond motifs is 1. The molecule has 0 radical (unpaired) electrons. The number of hydrogen-bond acceptors (Lipinski definition) is 3. The summed E-state index contributed by atoms with van der Waals surface area (Å²) in [7, 11) is 0. The van der Waals surface area contributed by atoms with E-state index in [1.807, 2.05) is 30.5 Å². The lowest BCUT2D eigenvalue weighted by molar-refractivity contribution is 0.0696. The molecule has 0 saturated carbocycles. The lowest BCUT2D eigenvalue weighted by Gasteiger charge is -2.11. The van der Waals surface area contributed by atoms with Gasteiger partial charge >= 0.3 is 11.9 Å². The highest BCUT2D eigenvalue weighted by Crippen LogP contribution is 2.28. The number of aromatic nitrogens is 1. The highest BCUT2D eigenvalue weighted by molar-refractivity contribution is 6.09. The van der Waals surface area contributed by atoms with Gasteiger partial charge in [0.15, 0.2) is 0 Å². The molecule has 7 heteroatoms. The minimum atomic E-state index is -1.27. The first kappa shape index (κ1) is 20.1. The Morgan fingerprint density at radius 3 is 2.10 bits per heavy atom. The van der Waals surface area contributed by atoms with Gasteiger partial charge in [0.25, 0.3) is 5.91 Å². The summed E-state index contributed by atoms with van der Waals surface area (Å²) in [6.07, 6.45) is 0.883. The van der Waals surface area contributed by atoms with Crippen LogP contribution in [-0.2, 0) is 13.0 Å². The van der Waals surface area contributed by atoms with Crippen molar-refractivity contribution in [1.82, 2.24) is 4.57 Å². The molecule has 1 heterocycles. The number of rotatable bonds is 6. The number of aryl methyl sites for hydroxylation is 3. The summed E-state index contributed by atoms with van der Waals surface area (Å²) in [5.41, 5.74) is 3.10. The van der Waals surface area contributed by atoms with Crippen molar-refractivity contribution in [3.05, 3.63) is 64.3 Å². The molecule has 29 heavy (non-hydrogen) atoms. The van der Waals surface area contributed by atoms with Crippen LogP contribution in [0.2, 0.25) is 0 Å². The molecule has 2 aromatic carbocycles. The Kier molecular flexibility index (Phi) is 5.41. The largest absolute Gasteiger partial charge is 0.478 e. The minimum absolute atomic E-state index is 0.119. The van der Waals surface area contributed by atoms with Crippen LogP contribution in [0.25, 0.3) is 10.9 Å². The molecule has 7 nitrogen and oxygen atoms in total. The molecule has 0 aliphatic rings. The van der Waals surface area contributed by atoms with E-state index >= 15 is 0 Å². The lowest BCUT2D eigenvalue weighted by Crippen LogP contribution is -2.18. The number of amides is 1. The fourth-order valence-electron chi connectivity index (χ4n) is 3.55. The Bertz CT molecular complexity index is 1110. The van der Waals surface area contributed by atoms with Crippen molar-refractivity contribution in [3.63, 3.8) is 0 Å². The average molecular weight is 394 g/mol. The molecular weight excluding hydrogens is 372 g/mol. The molecule has 0 saturated heterocycles. The van der Waals surface area contributed by atoms with Gasteiger partial charge in [0.05, 0.1) is 11.1 Å². The molecule has 1 aromatic heterocycles.